The first kappa shape index (κ1) is 11.9. The summed E-state index contributed by atoms with van der Waals surface area (Å²) in [5.74, 6) is 0.401. The van der Waals surface area contributed by atoms with Gasteiger partial charge in [0.15, 0.2) is 0 Å². The Balaban J connectivity index is 2.45. The van der Waals surface area contributed by atoms with Crippen LogP contribution in [0.3, 0.4) is 0 Å². The number of hydrogen-bond donors (Lipinski definition) is 1. The summed E-state index contributed by atoms with van der Waals surface area (Å²) in [7, 11) is 0. The van der Waals surface area contributed by atoms with E-state index in [0.29, 0.717) is 5.95 Å². The van der Waals surface area contributed by atoms with Gasteiger partial charge in [0.25, 0.3) is 0 Å². The molecule has 0 bridgehead atoms. The van der Waals surface area contributed by atoms with E-state index in [1.807, 2.05) is 0 Å². The van der Waals surface area contributed by atoms with E-state index in [4.69, 9.17) is 5.73 Å². The quantitative estimate of drug-likeness (QED) is 0.729. The molecule has 0 atom stereocenters. The van der Waals surface area contributed by atoms with Crippen molar-refractivity contribution in [2.24, 2.45) is 5.41 Å². The van der Waals surface area contributed by atoms with Crippen LogP contribution in [-0.2, 0) is 6.54 Å². The molecule has 0 saturated heterocycles. The van der Waals surface area contributed by atoms with Crippen LogP contribution in [0, 0.1) is 5.41 Å². The van der Waals surface area contributed by atoms with E-state index in [1.165, 1.54) is 25.7 Å². The zero-order chi connectivity index (χ0) is 11.3. The van der Waals surface area contributed by atoms with Crippen molar-refractivity contribution >= 4 is 5.95 Å². The highest BCUT2D eigenvalue weighted by Gasteiger charge is 2.19. The van der Waals surface area contributed by atoms with Crippen molar-refractivity contribution in [3.63, 3.8) is 0 Å². The Morgan fingerprint density at radius 2 is 2.07 bits per heavy atom. The first-order valence-corrected chi connectivity index (χ1v) is 5.57. The second-order valence-electron chi connectivity index (χ2n) is 4.82. The third kappa shape index (κ3) is 3.85. The van der Waals surface area contributed by atoms with Crippen molar-refractivity contribution < 1.29 is 0 Å². The number of rotatable bonds is 6. The molecule has 0 aromatic carbocycles. The SMILES string of the molecule is CCCCCC(C)(C)Cn1nnnc1N. The van der Waals surface area contributed by atoms with Crippen molar-refractivity contribution in [1.82, 2.24) is 20.2 Å². The molecular weight excluding hydrogens is 190 g/mol. The van der Waals surface area contributed by atoms with Crippen LogP contribution in [0.25, 0.3) is 0 Å². The van der Waals surface area contributed by atoms with Gasteiger partial charge in [-0.1, -0.05) is 45.1 Å². The van der Waals surface area contributed by atoms with Gasteiger partial charge in [-0.2, -0.15) is 0 Å². The molecule has 1 heterocycles. The summed E-state index contributed by atoms with van der Waals surface area (Å²) in [6, 6.07) is 0. The molecule has 1 rings (SSSR count). The molecule has 0 radical (unpaired) electrons. The van der Waals surface area contributed by atoms with Gasteiger partial charge in [0, 0.05) is 0 Å². The molecule has 86 valence electrons. The number of tetrazole rings is 1. The van der Waals surface area contributed by atoms with Crippen LogP contribution in [0.15, 0.2) is 0 Å². The van der Waals surface area contributed by atoms with Crippen molar-refractivity contribution in [3.05, 3.63) is 0 Å². The highest BCUT2D eigenvalue weighted by Crippen LogP contribution is 2.26. The summed E-state index contributed by atoms with van der Waals surface area (Å²) in [4.78, 5) is 0. The van der Waals surface area contributed by atoms with Crippen LogP contribution in [0.4, 0.5) is 5.95 Å². The van der Waals surface area contributed by atoms with Crippen LogP contribution in [-0.4, -0.2) is 20.2 Å². The molecule has 1 aromatic heterocycles. The molecule has 2 N–H and O–H groups in total. The summed E-state index contributed by atoms with van der Waals surface area (Å²) in [6.45, 7) is 7.45. The molecule has 0 spiro atoms. The van der Waals surface area contributed by atoms with E-state index in [-0.39, 0.29) is 5.41 Å². The fourth-order valence-corrected chi connectivity index (χ4v) is 1.66. The summed E-state index contributed by atoms with van der Waals surface area (Å²) >= 11 is 0. The van der Waals surface area contributed by atoms with Crippen molar-refractivity contribution in [2.45, 2.75) is 53.0 Å². The Hall–Kier alpha value is -1.13. The van der Waals surface area contributed by atoms with Crippen LogP contribution in [0.1, 0.15) is 46.5 Å². The van der Waals surface area contributed by atoms with Crippen LogP contribution >= 0.6 is 0 Å². The molecular formula is C10H21N5. The molecule has 0 amide bonds. The lowest BCUT2D eigenvalue weighted by Crippen LogP contribution is -2.21. The number of hydrogen-bond acceptors (Lipinski definition) is 4. The Morgan fingerprint density at radius 3 is 2.60 bits per heavy atom. The molecule has 0 fully saturated rings. The van der Waals surface area contributed by atoms with Gasteiger partial charge in [-0.05, 0) is 22.3 Å². The average Bonchev–Trinajstić information content (AvgIpc) is 2.51. The first-order valence-electron chi connectivity index (χ1n) is 5.57. The van der Waals surface area contributed by atoms with Gasteiger partial charge in [-0.15, -0.1) is 0 Å². The lowest BCUT2D eigenvalue weighted by atomic mass is 9.87. The van der Waals surface area contributed by atoms with Crippen molar-refractivity contribution in [3.8, 4) is 0 Å². The highest BCUT2D eigenvalue weighted by atomic mass is 15.6. The predicted molar refractivity (Wildman–Crippen MR) is 60.2 cm³/mol. The van der Waals surface area contributed by atoms with Crippen LogP contribution in [0.5, 0.6) is 0 Å². The standard InChI is InChI=1S/C10H21N5/c1-4-5-6-7-10(2,3)8-15-9(11)12-13-14-15/h4-8H2,1-3H3,(H2,11,12,14). The van der Waals surface area contributed by atoms with E-state index in [0.717, 1.165) is 6.54 Å². The summed E-state index contributed by atoms with van der Waals surface area (Å²) < 4.78 is 1.67. The first-order chi connectivity index (χ1) is 7.05. The molecule has 0 unspecified atom stereocenters. The molecule has 0 saturated carbocycles. The second kappa shape index (κ2) is 5.09. The van der Waals surface area contributed by atoms with Crippen molar-refractivity contribution in [1.29, 1.82) is 0 Å². The van der Waals surface area contributed by atoms with E-state index < -0.39 is 0 Å². The Kier molecular flexibility index (Phi) is 4.05. The minimum Gasteiger partial charge on any atom is -0.367 e. The van der Waals surface area contributed by atoms with Gasteiger partial charge < -0.3 is 5.73 Å². The summed E-state index contributed by atoms with van der Waals surface area (Å²) in [5.41, 5.74) is 5.84. The smallest absolute Gasteiger partial charge is 0.240 e. The summed E-state index contributed by atoms with van der Waals surface area (Å²) in [6.07, 6.45) is 4.98. The highest BCUT2D eigenvalue weighted by molar-refractivity contribution is 5.10. The lowest BCUT2D eigenvalue weighted by molar-refractivity contribution is 0.259. The monoisotopic (exact) mass is 211 g/mol. The Bertz CT molecular complexity index is 292. The third-order valence-corrected chi connectivity index (χ3v) is 2.59. The van der Waals surface area contributed by atoms with Gasteiger partial charge in [0.05, 0.1) is 6.54 Å². The number of unbranched alkanes of at least 4 members (excludes halogenated alkanes) is 2. The van der Waals surface area contributed by atoms with Crippen LogP contribution in [0.2, 0.25) is 0 Å². The number of nitrogens with zero attached hydrogens (tertiary/aromatic N) is 4. The predicted octanol–water partition coefficient (Wildman–Crippen LogP) is 1.86. The summed E-state index contributed by atoms with van der Waals surface area (Å²) in [5, 5.41) is 11.1. The van der Waals surface area contributed by atoms with E-state index in [2.05, 4.69) is 36.3 Å². The van der Waals surface area contributed by atoms with Gasteiger partial charge in [0.1, 0.15) is 0 Å². The molecule has 5 heteroatoms. The van der Waals surface area contributed by atoms with Gasteiger partial charge in [-0.3, -0.25) is 0 Å². The molecule has 0 aliphatic carbocycles. The van der Waals surface area contributed by atoms with Crippen LogP contribution < -0.4 is 5.73 Å². The second-order valence-corrected chi connectivity index (χ2v) is 4.82. The number of aromatic nitrogens is 4. The third-order valence-electron chi connectivity index (χ3n) is 2.59. The van der Waals surface area contributed by atoms with Gasteiger partial charge in [0.2, 0.25) is 5.95 Å². The van der Waals surface area contributed by atoms with Gasteiger partial charge in [-0.25, -0.2) is 4.68 Å². The van der Waals surface area contributed by atoms with Gasteiger partial charge >= 0.3 is 0 Å². The van der Waals surface area contributed by atoms with E-state index in [9.17, 15) is 0 Å². The zero-order valence-electron chi connectivity index (χ0n) is 9.90. The fraction of sp³-hybridized carbons (Fsp3) is 0.900. The minimum absolute atomic E-state index is 0.207. The fourth-order valence-electron chi connectivity index (χ4n) is 1.66. The zero-order valence-corrected chi connectivity index (χ0v) is 9.90. The molecule has 0 aliphatic rings. The number of anilines is 1. The maximum atomic E-state index is 5.63. The Morgan fingerprint density at radius 1 is 1.33 bits per heavy atom. The maximum absolute atomic E-state index is 5.63. The van der Waals surface area contributed by atoms with Crippen molar-refractivity contribution in [2.75, 3.05) is 5.73 Å². The topological polar surface area (TPSA) is 69.6 Å². The van der Waals surface area contributed by atoms with E-state index in [1.54, 1.807) is 4.68 Å². The lowest BCUT2D eigenvalue weighted by Gasteiger charge is -2.24. The molecule has 15 heavy (non-hydrogen) atoms. The maximum Gasteiger partial charge on any atom is 0.240 e. The average molecular weight is 211 g/mol. The van der Waals surface area contributed by atoms with E-state index >= 15 is 0 Å². The number of nitrogens with two attached hydrogens (primary N) is 1. The number of nitrogen functional groups attached to an aromatic ring is 1. The molecule has 0 aliphatic heterocycles. The Labute approximate surface area is 91.0 Å². The molecule has 5 nitrogen and oxygen atoms in total. The largest absolute Gasteiger partial charge is 0.367 e. The minimum atomic E-state index is 0.207. The normalized spacial score (nSPS) is 11.9. The molecule has 1 aromatic rings.